The third-order valence-corrected chi connectivity index (χ3v) is 4.42. The predicted octanol–water partition coefficient (Wildman–Crippen LogP) is 2.14. The predicted molar refractivity (Wildman–Crippen MR) is 95.5 cm³/mol. The van der Waals surface area contributed by atoms with Crippen LogP contribution in [0.4, 0.5) is 0 Å². The van der Waals surface area contributed by atoms with Gasteiger partial charge in [0, 0.05) is 13.7 Å². The fourth-order valence-corrected chi connectivity index (χ4v) is 3.13. The van der Waals surface area contributed by atoms with Gasteiger partial charge in [0.15, 0.2) is 12.1 Å². The first-order valence-electron chi connectivity index (χ1n) is 9.05. The van der Waals surface area contributed by atoms with E-state index in [-0.39, 0.29) is 19.7 Å². The smallest absolute Gasteiger partial charge is 0.164 e. The van der Waals surface area contributed by atoms with E-state index in [0.717, 1.165) is 19.3 Å². The summed E-state index contributed by atoms with van der Waals surface area (Å²) < 4.78 is 33.7. The second-order valence-electron chi connectivity index (χ2n) is 7.05. The Labute approximate surface area is 155 Å². The fraction of sp³-hybridized carbons (Fsp3) is 0.789. The lowest BCUT2D eigenvalue weighted by atomic mass is 9.98. The molecule has 7 nitrogen and oxygen atoms in total. The zero-order chi connectivity index (χ0) is 19.2. The summed E-state index contributed by atoms with van der Waals surface area (Å²) in [5.41, 5.74) is 0.483. The van der Waals surface area contributed by atoms with E-state index in [2.05, 4.69) is 13.2 Å². The van der Waals surface area contributed by atoms with Crippen LogP contribution < -0.4 is 0 Å². The lowest BCUT2D eigenvalue weighted by Crippen LogP contribution is -2.46. The maximum Gasteiger partial charge on any atom is 0.164 e. The highest BCUT2D eigenvalue weighted by Crippen LogP contribution is 2.33. The van der Waals surface area contributed by atoms with Crippen molar-refractivity contribution in [2.24, 2.45) is 0 Å². The number of rotatable bonds is 10. The maximum atomic E-state index is 10.8. The van der Waals surface area contributed by atoms with Crippen LogP contribution in [0, 0.1) is 0 Å². The summed E-state index contributed by atoms with van der Waals surface area (Å²) in [6.45, 7) is 12.2. The summed E-state index contributed by atoms with van der Waals surface area (Å²) in [7, 11) is 1.52. The molecular weight excluding hydrogens is 340 g/mol. The Morgan fingerprint density at radius 1 is 1.35 bits per heavy atom. The summed E-state index contributed by atoms with van der Waals surface area (Å²) in [6, 6.07) is 0. The summed E-state index contributed by atoms with van der Waals surface area (Å²) >= 11 is 0. The van der Waals surface area contributed by atoms with E-state index in [1.54, 1.807) is 6.08 Å². The summed E-state index contributed by atoms with van der Waals surface area (Å²) in [4.78, 5) is 0. The third-order valence-electron chi connectivity index (χ3n) is 4.42. The Balaban J connectivity index is 1.99. The van der Waals surface area contributed by atoms with Gasteiger partial charge in [-0.2, -0.15) is 0 Å². The molecule has 0 saturated carbocycles. The van der Waals surface area contributed by atoms with Crippen molar-refractivity contribution in [1.29, 1.82) is 0 Å². The quantitative estimate of drug-likeness (QED) is 0.465. The van der Waals surface area contributed by atoms with Crippen LogP contribution in [0.5, 0.6) is 0 Å². The van der Waals surface area contributed by atoms with Crippen LogP contribution >= 0.6 is 0 Å². The van der Waals surface area contributed by atoms with Crippen molar-refractivity contribution in [3.63, 3.8) is 0 Å². The van der Waals surface area contributed by atoms with E-state index < -0.39 is 30.2 Å². The van der Waals surface area contributed by atoms with Gasteiger partial charge in [-0.15, -0.1) is 6.58 Å². The topological polar surface area (TPSA) is 75.6 Å². The lowest BCUT2D eigenvalue weighted by Gasteiger charge is -2.31. The lowest BCUT2D eigenvalue weighted by molar-refractivity contribution is -0.186. The largest absolute Gasteiger partial charge is 0.386 e. The van der Waals surface area contributed by atoms with Crippen molar-refractivity contribution >= 4 is 0 Å². The molecule has 2 rings (SSSR count). The Morgan fingerprint density at radius 3 is 2.73 bits per heavy atom. The van der Waals surface area contributed by atoms with Crippen LogP contribution in [0.3, 0.4) is 0 Å². The molecular formula is C19H32O7. The van der Waals surface area contributed by atoms with E-state index in [9.17, 15) is 5.11 Å². The van der Waals surface area contributed by atoms with Gasteiger partial charge < -0.3 is 33.5 Å². The minimum Gasteiger partial charge on any atom is -0.386 e. The molecule has 150 valence electrons. The SMILES string of the molecule is C=C[C@@H]1OC(C)(C)O[C@@H]1[C@H](OCOC)[C@@H](O)C(=C)COC1CCCCO1. The standard InChI is InChI=1S/C19H32O7/c1-6-14-17(26-19(3,4)25-14)18(24-12-21-5)16(20)13(2)11-23-15-9-7-8-10-22-15/h6,14-18,20H,1-2,7-12H2,3-5H3/t14-,15?,16-,17-,18+/m0/s1. The number of aliphatic hydroxyl groups excluding tert-OH is 1. The van der Waals surface area contributed by atoms with Crippen molar-refractivity contribution in [3.05, 3.63) is 24.8 Å². The average Bonchev–Trinajstić information content (AvgIpc) is 2.95. The van der Waals surface area contributed by atoms with E-state index in [0.29, 0.717) is 12.2 Å². The second kappa shape index (κ2) is 9.94. The first-order valence-corrected chi connectivity index (χ1v) is 9.05. The van der Waals surface area contributed by atoms with Crippen molar-refractivity contribution in [2.45, 2.75) is 69.6 Å². The fourth-order valence-electron chi connectivity index (χ4n) is 3.13. The molecule has 26 heavy (non-hydrogen) atoms. The molecule has 5 atom stereocenters. The highest BCUT2D eigenvalue weighted by atomic mass is 16.8. The molecule has 0 aromatic heterocycles. The number of ether oxygens (including phenoxy) is 6. The number of aliphatic hydroxyl groups is 1. The highest BCUT2D eigenvalue weighted by molar-refractivity contribution is 5.10. The first-order chi connectivity index (χ1) is 12.4. The van der Waals surface area contributed by atoms with Crippen LogP contribution in [0.15, 0.2) is 24.8 Å². The van der Waals surface area contributed by atoms with Crippen molar-refractivity contribution in [3.8, 4) is 0 Å². The maximum absolute atomic E-state index is 10.8. The third kappa shape index (κ3) is 5.85. The minimum absolute atomic E-state index is 0.00571. The van der Waals surface area contributed by atoms with Crippen LogP contribution in [0.25, 0.3) is 0 Å². The van der Waals surface area contributed by atoms with Crippen molar-refractivity contribution in [1.82, 2.24) is 0 Å². The molecule has 0 aliphatic carbocycles. The number of methoxy groups -OCH3 is 1. The Morgan fingerprint density at radius 2 is 2.12 bits per heavy atom. The number of hydrogen-bond acceptors (Lipinski definition) is 7. The van der Waals surface area contributed by atoms with E-state index in [1.807, 2.05) is 13.8 Å². The molecule has 1 unspecified atom stereocenters. The molecule has 7 heteroatoms. The Bertz CT molecular complexity index is 459. The monoisotopic (exact) mass is 372 g/mol. The van der Waals surface area contributed by atoms with E-state index in [4.69, 9.17) is 28.4 Å². The normalized spacial score (nSPS) is 30.7. The van der Waals surface area contributed by atoms with Gasteiger partial charge in [-0.05, 0) is 38.7 Å². The molecule has 0 amide bonds. The van der Waals surface area contributed by atoms with Crippen LogP contribution in [-0.2, 0) is 28.4 Å². The summed E-state index contributed by atoms with van der Waals surface area (Å²) in [5, 5.41) is 10.8. The van der Waals surface area contributed by atoms with Gasteiger partial charge in [0.2, 0.25) is 0 Å². The molecule has 2 heterocycles. The second-order valence-corrected chi connectivity index (χ2v) is 7.05. The van der Waals surface area contributed by atoms with E-state index >= 15 is 0 Å². The molecule has 0 bridgehead atoms. The van der Waals surface area contributed by atoms with Crippen molar-refractivity contribution in [2.75, 3.05) is 27.1 Å². The Hall–Kier alpha value is -0.800. The molecule has 2 aliphatic rings. The molecule has 0 aromatic carbocycles. The zero-order valence-corrected chi connectivity index (χ0v) is 16.0. The average molecular weight is 372 g/mol. The summed E-state index contributed by atoms with van der Waals surface area (Å²) in [6.07, 6.45) is 1.64. The van der Waals surface area contributed by atoms with Gasteiger partial charge in [-0.1, -0.05) is 12.7 Å². The minimum atomic E-state index is -1.02. The molecule has 0 radical (unpaired) electrons. The zero-order valence-electron chi connectivity index (χ0n) is 16.0. The van der Waals surface area contributed by atoms with Crippen LogP contribution in [0.2, 0.25) is 0 Å². The number of hydrogen-bond donors (Lipinski definition) is 1. The van der Waals surface area contributed by atoms with Gasteiger partial charge in [0.05, 0.1) is 6.61 Å². The van der Waals surface area contributed by atoms with Crippen LogP contribution in [-0.4, -0.2) is 68.7 Å². The van der Waals surface area contributed by atoms with Crippen LogP contribution in [0.1, 0.15) is 33.1 Å². The van der Waals surface area contributed by atoms with Gasteiger partial charge in [-0.3, -0.25) is 0 Å². The van der Waals surface area contributed by atoms with Gasteiger partial charge >= 0.3 is 0 Å². The first kappa shape index (κ1) is 21.5. The molecule has 2 fully saturated rings. The molecule has 2 aliphatic heterocycles. The summed E-state index contributed by atoms with van der Waals surface area (Å²) in [5.74, 6) is -0.800. The van der Waals surface area contributed by atoms with Gasteiger partial charge in [0.25, 0.3) is 0 Å². The van der Waals surface area contributed by atoms with Crippen molar-refractivity contribution < 1.29 is 33.5 Å². The highest BCUT2D eigenvalue weighted by Gasteiger charge is 2.47. The molecule has 0 spiro atoms. The molecule has 1 N–H and O–H groups in total. The molecule has 2 saturated heterocycles. The van der Waals surface area contributed by atoms with Gasteiger partial charge in [0.1, 0.15) is 31.2 Å². The molecule has 0 aromatic rings. The van der Waals surface area contributed by atoms with E-state index in [1.165, 1.54) is 7.11 Å². The van der Waals surface area contributed by atoms with Gasteiger partial charge in [-0.25, -0.2) is 0 Å². The Kier molecular flexibility index (Phi) is 8.22.